The second-order valence-electron chi connectivity index (χ2n) is 8.60. The fourth-order valence-corrected chi connectivity index (χ4v) is 4.09. The summed E-state index contributed by atoms with van der Waals surface area (Å²) in [5.74, 6) is -1.46. The Morgan fingerprint density at radius 1 is 1.06 bits per heavy atom. The minimum absolute atomic E-state index is 0.221. The number of aryl methyl sites for hydroxylation is 2. The van der Waals surface area contributed by atoms with Crippen molar-refractivity contribution in [3.05, 3.63) is 89.4 Å². The van der Waals surface area contributed by atoms with Gasteiger partial charge in [0.2, 0.25) is 6.10 Å². The molecule has 2 heterocycles. The number of benzene rings is 2. The maximum absolute atomic E-state index is 13.3. The normalized spacial score (nSPS) is 16.5. The number of hydrogen-bond donors (Lipinski definition) is 1. The molecule has 1 N–H and O–H groups in total. The van der Waals surface area contributed by atoms with Crippen molar-refractivity contribution in [1.29, 1.82) is 0 Å². The molecule has 0 aliphatic carbocycles. The second-order valence-corrected chi connectivity index (χ2v) is 8.60. The third-order valence-corrected chi connectivity index (χ3v) is 6.00. The number of rotatable bonds is 6. The molecule has 1 aliphatic rings. The topological polar surface area (TPSA) is 88.9 Å². The van der Waals surface area contributed by atoms with E-state index in [9.17, 15) is 14.4 Å². The van der Waals surface area contributed by atoms with Crippen LogP contribution in [0.15, 0.2) is 71.3 Å². The zero-order valence-electron chi connectivity index (χ0n) is 19.3. The Morgan fingerprint density at radius 2 is 1.85 bits per heavy atom. The number of nitrogens with zero attached hydrogens (tertiary/aromatic N) is 1. The monoisotopic (exact) mass is 460 g/mol. The number of carbonyl (C=O) groups is 3. The number of anilines is 1. The van der Waals surface area contributed by atoms with Gasteiger partial charge in [0.15, 0.2) is 5.76 Å². The summed E-state index contributed by atoms with van der Waals surface area (Å²) in [6, 6.07) is 18.0. The Bertz CT molecular complexity index is 1160. The molecule has 2 atom stereocenters. The standard InChI is InChI=1S/C27H28N2O5/c1-18-12-13-19(2)22(16-18)28-25(30)24(20-8-4-3-5-9-20)34-27(32)21-10-6-14-29(17-21)26(31)23-11-7-15-33-23/h3-5,7-9,11-13,15-16,21,24H,6,10,14,17H2,1-2H3,(H,28,30)/t21-,24+/m1/s1. The molecular formula is C27H28N2O5. The van der Waals surface area contributed by atoms with E-state index >= 15 is 0 Å². The third-order valence-electron chi connectivity index (χ3n) is 6.00. The minimum Gasteiger partial charge on any atom is -0.459 e. The quantitative estimate of drug-likeness (QED) is 0.540. The lowest BCUT2D eigenvalue weighted by Gasteiger charge is -2.31. The number of likely N-dealkylation sites (tertiary alicyclic amines) is 1. The summed E-state index contributed by atoms with van der Waals surface area (Å²) in [7, 11) is 0. The smallest absolute Gasteiger partial charge is 0.311 e. The van der Waals surface area contributed by atoms with Crippen LogP contribution in [0.5, 0.6) is 0 Å². The van der Waals surface area contributed by atoms with Crippen molar-refractivity contribution < 1.29 is 23.5 Å². The van der Waals surface area contributed by atoms with Crippen LogP contribution in [-0.4, -0.2) is 35.8 Å². The van der Waals surface area contributed by atoms with Crippen LogP contribution >= 0.6 is 0 Å². The molecule has 34 heavy (non-hydrogen) atoms. The molecule has 2 amide bonds. The van der Waals surface area contributed by atoms with Crippen LogP contribution in [0.1, 0.15) is 46.2 Å². The van der Waals surface area contributed by atoms with Crippen molar-refractivity contribution in [2.24, 2.45) is 5.92 Å². The molecule has 1 aromatic heterocycles. The van der Waals surface area contributed by atoms with Gasteiger partial charge in [0.1, 0.15) is 0 Å². The Morgan fingerprint density at radius 3 is 2.59 bits per heavy atom. The summed E-state index contributed by atoms with van der Waals surface area (Å²) in [5.41, 5.74) is 3.18. The third kappa shape index (κ3) is 5.36. The summed E-state index contributed by atoms with van der Waals surface area (Å²) in [6.45, 7) is 4.62. The van der Waals surface area contributed by atoms with Crippen LogP contribution in [0.4, 0.5) is 5.69 Å². The molecule has 176 valence electrons. The van der Waals surface area contributed by atoms with Crippen LogP contribution < -0.4 is 5.32 Å². The zero-order chi connectivity index (χ0) is 24.1. The van der Waals surface area contributed by atoms with Crippen molar-refractivity contribution in [3.63, 3.8) is 0 Å². The molecule has 0 unspecified atom stereocenters. The maximum Gasteiger partial charge on any atom is 0.311 e. The summed E-state index contributed by atoms with van der Waals surface area (Å²) in [4.78, 5) is 40.7. The van der Waals surface area contributed by atoms with Gasteiger partial charge >= 0.3 is 5.97 Å². The summed E-state index contributed by atoms with van der Waals surface area (Å²) < 4.78 is 11.0. The molecule has 0 saturated carbocycles. The number of ether oxygens (including phenoxy) is 1. The first-order valence-corrected chi connectivity index (χ1v) is 11.4. The van der Waals surface area contributed by atoms with Gasteiger partial charge in [-0.2, -0.15) is 0 Å². The number of piperidine rings is 1. The molecule has 0 bridgehead atoms. The number of nitrogens with one attached hydrogen (secondary N) is 1. The van der Waals surface area contributed by atoms with Crippen molar-refractivity contribution in [2.45, 2.75) is 32.8 Å². The van der Waals surface area contributed by atoms with E-state index in [4.69, 9.17) is 9.15 Å². The van der Waals surface area contributed by atoms with Crippen molar-refractivity contribution in [1.82, 2.24) is 4.90 Å². The average molecular weight is 461 g/mol. The van der Waals surface area contributed by atoms with Gasteiger partial charge < -0.3 is 19.4 Å². The first-order valence-electron chi connectivity index (χ1n) is 11.4. The van der Waals surface area contributed by atoms with E-state index in [-0.39, 0.29) is 18.2 Å². The van der Waals surface area contributed by atoms with E-state index in [0.717, 1.165) is 11.1 Å². The van der Waals surface area contributed by atoms with E-state index in [1.807, 2.05) is 38.1 Å². The average Bonchev–Trinajstić information content (AvgIpc) is 3.40. The molecule has 4 rings (SSSR count). The van der Waals surface area contributed by atoms with Crippen LogP contribution in [0.3, 0.4) is 0 Å². The number of esters is 1. The fourth-order valence-electron chi connectivity index (χ4n) is 4.09. The molecule has 1 fully saturated rings. The Hall–Kier alpha value is -3.87. The van der Waals surface area contributed by atoms with E-state index in [1.165, 1.54) is 6.26 Å². The molecule has 2 aromatic carbocycles. The van der Waals surface area contributed by atoms with Gasteiger partial charge in [0, 0.05) is 24.3 Å². The molecule has 0 spiro atoms. The lowest BCUT2D eigenvalue weighted by atomic mass is 9.97. The van der Waals surface area contributed by atoms with Crippen molar-refractivity contribution >= 4 is 23.5 Å². The van der Waals surface area contributed by atoms with E-state index in [2.05, 4.69) is 5.32 Å². The van der Waals surface area contributed by atoms with Crippen LogP contribution in [0, 0.1) is 19.8 Å². The summed E-state index contributed by atoms with van der Waals surface area (Å²) >= 11 is 0. The van der Waals surface area contributed by atoms with Crippen LogP contribution in [-0.2, 0) is 14.3 Å². The highest BCUT2D eigenvalue weighted by Gasteiger charge is 2.34. The van der Waals surface area contributed by atoms with E-state index in [1.54, 1.807) is 41.3 Å². The molecule has 1 aliphatic heterocycles. The summed E-state index contributed by atoms with van der Waals surface area (Å²) in [6.07, 6.45) is 1.59. The molecule has 7 nitrogen and oxygen atoms in total. The zero-order valence-corrected chi connectivity index (χ0v) is 19.3. The Balaban J connectivity index is 1.50. The first kappa shape index (κ1) is 23.3. The number of amides is 2. The highest BCUT2D eigenvalue weighted by atomic mass is 16.5. The summed E-state index contributed by atoms with van der Waals surface area (Å²) in [5, 5.41) is 2.91. The van der Waals surface area contributed by atoms with Gasteiger partial charge in [0.25, 0.3) is 11.8 Å². The minimum atomic E-state index is -1.11. The lowest BCUT2D eigenvalue weighted by molar-refractivity contribution is -0.160. The maximum atomic E-state index is 13.3. The van der Waals surface area contributed by atoms with E-state index in [0.29, 0.717) is 30.6 Å². The largest absolute Gasteiger partial charge is 0.459 e. The van der Waals surface area contributed by atoms with E-state index < -0.39 is 23.9 Å². The highest BCUT2D eigenvalue weighted by molar-refractivity contribution is 5.97. The SMILES string of the molecule is Cc1ccc(C)c(NC(=O)[C@@H](OC(=O)[C@@H]2CCCN(C(=O)c3ccco3)C2)c2ccccc2)c1. The first-order chi connectivity index (χ1) is 16.4. The molecule has 1 saturated heterocycles. The molecule has 3 aromatic rings. The second kappa shape index (κ2) is 10.4. The predicted octanol–water partition coefficient (Wildman–Crippen LogP) is 4.67. The van der Waals surface area contributed by atoms with Crippen LogP contribution in [0.2, 0.25) is 0 Å². The van der Waals surface area contributed by atoms with Gasteiger partial charge in [-0.15, -0.1) is 0 Å². The van der Waals surface area contributed by atoms with Gasteiger partial charge in [-0.1, -0.05) is 42.5 Å². The number of carbonyl (C=O) groups excluding carboxylic acids is 3. The molecule has 0 radical (unpaired) electrons. The number of hydrogen-bond acceptors (Lipinski definition) is 5. The Kier molecular flexibility index (Phi) is 7.11. The van der Waals surface area contributed by atoms with Crippen molar-refractivity contribution in [3.8, 4) is 0 Å². The Labute approximate surface area is 198 Å². The van der Waals surface area contributed by atoms with Gasteiger partial charge in [-0.05, 0) is 56.0 Å². The fraction of sp³-hybridized carbons (Fsp3) is 0.296. The molecule has 7 heteroatoms. The predicted molar refractivity (Wildman–Crippen MR) is 127 cm³/mol. The highest BCUT2D eigenvalue weighted by Crippen LogP contribution is 2.26. The van der Waals surface area contributed by atoms with Crippen LogP contribution in [0.25, 0.3) is 0 Å². The molecular weight excluding hydrogens is 432 g/mol. The van der Waals surface area contributed by atoms with Gasteiger partial charge in [-0.25, -0.2) is 0 Å². The van der Waals surface area contributed by atoms with Gasteiger partial charge in [-0.3, -0.25) is 14.4 Å². The van der Waals surface area contributed by atoms with Crippen molar-refractivity contribution in [2.75, 3.05) is 18.4 Å². The lowest BCUT2D eigenvalue weighted by Crippen LogP contribution is -2.43. The van der Waals surface area contributed by atoms with Gasteiger partial charge in [0.05, 0.1) is 12.2 Å². The number of furan rings is 1.